The lowest BCUT2D eigenvalue weighted by molar-refractivity contribution is 0.0599. The van der Waals surface area contributed by atoms with Crippen molar-refractivity contribution in [2.75, 3.05) is 7.11 Å². The van der Waals surface area contributed by atoms with Gasteiger partial charge in [0.15, 0.2) is 5.78 Å². The van der Waals surface area contributed by atoms with Gasteiger partial charge in [-0.15, -0.1) is 11.8 Å². The molecule has 0 amide bonds. The minimum Gasteiger partial charge on any atom is -0.465 e. The Bertz CT molecular complexity index is 737. The van der Waals surface area contributed by atoms with Crippen molar-refractivity contribution in [2.24, 2.45) is 0 Å². The SMILES string of the molecule is COC(=O)c1c(C)[nH]c(C(=O)[C@@H](C)Sc2ccc(Cl)cc2)c1C. The Kier molecular flexibility index (Phi) is 5.55. The molecule has 0 saturated carbocycles. The third kappa shape index (κ3) is 3.79. The van der Waals surface area contributed by atoms with Gasteiger partial charge in [-0.05, 0) is 50.6 Å². The van der Waals surface area contributed by atoms with Gasteiger partial charge in [0.05, 0.1) is 23.6 Å². The summed E-state index contributed by atoms with van der Waals surface area (Å²) < 4.78 is 4.77. The molecule has 0 spiro atoms. The molecule has 0 fully saturated rings. The second-order valence-electron chi connectivity index (χ2n) is 5.19. The van der Waals surface area contributed by atoms with Crippen molar-refractivity contribution >= 4 is 35.1 Å². The molecule has 0 unspecified atom stereocenters. The van der Waals surface area contributed by atoms with Crippen molar-refractivity contribution in [1.82, 2.24) is 4.98 Å². The average Bonchev–Trinajstić information content (AvgIpc) is 2.82. The number of aromatic amines is 1. The van der Waals surface area contributed by atoms with Crippen molar-refractivity contribution in [1.29, 1.82) is 0 Å². The zero-order valence-electron chi connectivity index (χ0n) is 13.4. The summed E-state index contributed by atoms with van der Waals surface area (Å²) in [7, 11) is 1.33. The molecule has 2 aromatic rings. The van der Waals surface area contributed by atoms with E-state index in [2.05, 4.69) is 4.98 Å². The molecule has 1 aromatic carbocycles. The van der Waals surface area contributed by atoms with Gasteiger partial charge in [0.2, 0.25) is 0 Å². The predicted octanol–water partition coefficient (Wildman–Crippen LogP) is 4.44. The van der Waals surface area contributed by atoms with E-state index in [0.29, 0.717) is 27.5 Å². The Morgan fingerprint density at radius 3 is 2.39 bits per heavy atom. The number of rotatable bonds is 5. The number of halogens is 1. The first-order chi connectivity index (χ1) is 10.8. The standard InChI is InChI=1S/C17H18ClNO3S/c1-9-14(17(21)22-4)10(2)19-15(9)16(20)11(3)23-13-7-5-12(18)6-8-13/h5-8,11,19H,1-4H3/t11-/m1/s1. The molecule has 0 bridgehead atoms. The molecule has 1 atom stereocenters. The molecule has 1 heterocycles. The van der Waals surface area contributed by atoms with Gasteiger partial charge in [-0.2, -0.15) is 0 Å². The first-order valence-electron chi connectivity index (χ1n) is 7.09. The van der Waals surface area contributed by atoms with Crippen molar-refractivity contribution in [2.45, 2.75) is 30.9 Å². The number of aromatic nitrogens is 1. The first kappa shape index (κ1) is 17.6. The summed E-state index contributed by atoms with van der Waals surface area (Å²) >= 11 is 7.31. The van der Waals surface area contributed by atoms with E-state index in [1.165, 1.54) is 18.9 Å². The Hall–Kier alpha value is -1.72. The maximum atomic E-state index is 12.7. The second-order valence-corrected chi connectivity index (χ2v) is 7.05. The number of Topliss-reactive ketones (excluding diaryl/α,β-unsaturated/α-hetero) is 1. The molecule has 4 nitrogen and oxygen atoms in total. The molecular weight excluding hydrogens is 334 g/mol. The number of ether oxygens (including phenoxy) is 1. The van der Waals surface area contributed by atoms with Crippen LogP contribution in [0.3, 0.4) is 0 Å². The highest BCUT2D eigenvalue weighted by Gasteiger charge is 2.25. The van der Waals surface area contributed by atoms with Crippen molar-refractivity contribution in [3.63, 3.8) is 0 Å². The van der Waals surface area contributed by atoms with Crippen LogP contribution < -0.4 is 0 Å². The number of carbonyl (C=O) groups is 2. The summed E-state index contributed by atoms with van der Waals surface area (Å²) in [6, 6.07) is 7.34. The van der Waals surface area contributed by atoms with E-state index in [-0.39, 0.29) is 11.0 Å². The molecule has 0 aliphatic carbocycles. The monoisotopic (exact) mass is 351 g/mol. The number of nitrogens with one attached hydrogen (secondary N) is 1. The van der Waals surface area contributed by atoms with Gasteiger partial charge in [0, 0.05) is 15.6 Å². The lowest BCUT2D eigenvalue weighted by Crippen LogP contribution is -2.15. The molecule has 6 heteroatoms. The van der Waals surface area contributed by atoms with E-state index >= 15 is 0 Å². The Morgan fingerprint density at radius 2 is 1.83 bits per heavy atom. The molecule has 1 N–H and O–H groups in total. The highest BCUT2D eigenvalue weighted by atomic mass is 35.5. The first-order valence-corrected chi connectivity index (χ1v) is 8.34. The number of methoxy groups -OCH3 is 1. The Balaban J connectivity index is 2.23. The third-order valence-corrected chi connectivity index (χ3v) is 4.93. The zero-order valence-corrected chi connectivity index (χ0v) is 15.0. The Morgan fingerprint density at radius 1 is 1.22 bits per heavy atom. The number of hydrogen-bond acceptors (Lipinski definition) is 4. The minimum atomic E-state index is -0.437. The fraction of sp³-hybridized carbons (Fsp3) is 0.294. The highest BCUT2D eigenvalue weighted by Crippen LogP contribution is 2.28. The largest absolute Gasteiger partial charge is 0.465 e. The number of esters is 1. The minimum absolute atomic E-state index is 0.0549. The lowest BCUT2D eigenvalue weighted by atomic mass is 10.1. The molecule has 0 saturated heterocycles. The normalized spacial score (nSPS) is 12.0. The van der Waals surface area contributed by atoms with E-state index in [9.17, 15) is 9.59 Å². The van der Waals surface area contributed by atoms with Crippen LogP contribution in [0, 0.1) is 13.8 Å². The van der Waals surface area contributed by atoms with Crippen molar-refractivity contribution < 1.29 is 14.3 Å². The second kappa shape index (κ2) is 7.23. The summed E-state index contributed by atoms with van der Waals surface area (Å²) in [5, 5.41) is 0.366. The van der Waals surface area contributed by atoms with Crippen LogP contribution in [0.25, 0.3) is 0 Å². The molecule has 0 radical (unpaired) electrons. The van der Waals surface area contributed by atoms with Gasteiger partial charge in [0.1, 0.15) is 0 Å². The summed E-state index contributed by atoms with van der Waals surface area (Å²) in [5.74, 6) is -0.492. The van der Waals surface area contributed by atoms with Gasteiger partial charge in [-0.3, -0.25) is 4.79 Å². The molecule has 2 rings (SSSR count). The topological polar surface area (TPSA) is 59.2 Å². The average molecular weight is 352 g/mol. The Labute approximate surface area is 144 Å². The zero-order chi connectivity index (χ0) is 17.1. The maximum Gasteiger partial charge on any atom is 0.339 e. The van der Waals surface area contributed by atoms with Gasteiger partial charge in [-0.1, -0.05) is 11.6 Å². The summed E-state index contributed by atoms with van der Waals surface area (Å²) in [6.45, 7) is 5.35. The van der Waals surface area contributed by atoms with E-state index in [1.54, 1.807) is 26.0 Å². The van der Waals surface area contributed by atoms with E-state index in [0.717, 1.165) is 4.90 Å². The highest BCUT2D eigenvalue weighted by molar-refractivity contribution is 8.00. The van der Waals surface area contributed by atoms with E-state index < -0.39 is 5.97 Å². The number of hydrogen-bond donors (Lipinski definition) is 1. The smallest absolute Gasteiger partial charge is 0.339 e. The molecule has 23 heavy (non-hydrogen) atoms. The number of aryl methyl sites for hydroxylation is 1. The summed E-state index contributed by atoms with van der Waals surface area (Å²) in [5.41, 5.74) is 2.15. The molecular formula is C17H18ClNO3S. The molecule has 0 aliphatic rings. The number of thioether (sulfide) groups is 1. The van der Waals surface area contributed by atoms with E-state index in [4.69, 9.17) is 16.3 Å². The summed E-state index contributed by atoms with van der Waals surface area (Å²) in [6.07, 6.45) is 0. The molecule has 1 aromatic heterocycles. The molecule has 122 valence electrons. The predicted molar refractivity (Wildman–Crippen MR) is 92.7 cm³/mol. The van der Waals surface area contributed by atoms with Crippen LogP contribution in [0.15, 0.2) is 29.2 Å². The van der Waals surface area contributed by atoms with Crippen LogP contribution >= 0.6 is 23.4 Å². The van der Waals surface area contributed by atoms with Crippen molar-refractivity contribution in [3.05, 3.63) is 51.8 Å². The van der Waals surface area contributed by atoms with Gasteiger partial charge in [-0.25, -0.2) is 4.79 Å². The fourth-order valence-corrected chi connectivity index (χ4v) is 3.43. The maximum absolute atomic E-state index is 12.7. The third-order valence-electron chi connectivity index (χ3n) is 3.57. The summed E-state index contributed by atoms with van der Waals surface area (Å²) in [4.78, 5) is 28.5. The number of carbonyl (C=O) groups excluding carboxylic acids is 2. The van der Waals surface area contributed by atoms with Crippen molar-refractivity contribution in [3.8, 4) is 0 Å². The van der Waals surface area contributed by atoms with Crippen LogP contribution in [0.5, 0.6) is 0 Å². The van der Waals surface area contributed by atoms with Crippen LogP contribution in [-0.2, 0) is 4.74 Å². The van der Waals surface area contributed by atoms with Crippen LogP contribution in [0.4, 0.5) is 0 Å². The number of ketones is 1. The fourth-order valence-electron chi connectivity index (χ4n) is 2.38. The van der Waals surface area contributed by atoms with Crippen LogP contribution in [0.1, 0.15) is 39.0 Å². The van der Waals surface area contributed by atoms with Crippen LogP contribution in [0.2, 0.25) is 5.02 Å². The number of benzene rings is 1. The van der Waals surface area contributed by atoms with Crippen LogP contribution in [-0.4, -0.2) is 29.1 Å². The number of H-pyrrole nitrogens is 1. The van der Waals surface area contributed by atoms with Gasteiger partial charge < -0.3 is 9.72 Å². The van der Waals surface area contributed by atoms with Gasteiger partial charge in [0.25, 0.3) is 0 Å². The quantitative estimate of drug-likeness (QED) is 0.491. The van der Waals surface area contributed by atoms with E-state index in [1.807, 2.05) is 19.1 Å². The molecule has 0 aliphatic heterocycles. The lowest BCUT2D eigenvalue weighted by Gasteiger charge is -2.10. The van der Waals surface area contributed by atoms with Gasteiger partial charge >= 0.3 is 5.97 Å².